The third-order valence-corrected chi connectivity index (χ3v) is 2.94. The lowest BCUT2D eigenvalue weighted by Gasteiger charge is -2.03. The number of H-pyrrole nitrogens is 1. The van der Waals surface area contributed by atoms with Crippen LogP contribution < -0.4 is 10.9 Å². The number of aromatic nitrogens is 2. The van der Waals surface area contributed by atoms with Crippen molar-refractivity contribution in [1.82, 2.24) is 9.97 Å². The van der Waals surface area contributed by atoms with Crippen LogP contribution in [-0.4, -0.2) is 32.2 Å². The molecule has 1 unspecified atom stereocenters. The average Bonchev–Trinajstić information content (AvgIpc) is 2.17. The molecule has 78 valence electrons. The molecular weight excluding hydrogens is 202 g/mol. The van der Waals surface area contributed by atoms with Gasteiger partial charge in [-0.2, -0.15) is 0 Å². The predicted molar refractivity (Wildman–Crippen MR) is 56.9 cm³/mol. The number of hydrogen-bond donors (Lipinski definition) is 2. The van der Waals surface area contributed by atoms with Gasteiger partial charge in [-0.05, 0) is 0 Å². The first kappa shape index (κ1) is 10.9. The molecule has 1 heterocycles. The van der Waals surface area contributed by atoms with Crippen molar-refractivity contribution in [2.45, 2.75) is 6.92 Å². The van der Waals surface area contributed by atoms with Crippen LogP contribution in [0.15, 0.2) is 17.2 Å². The summed E-state index contributed by atoms with van der Waals surface area (Å²) >= 11 is 0. The molecule has 0 aliphatic rings. The van der Waals surface area contributed by atoms with Gasteiger partial charge in [0.05, 0.1) is 6.33 Å². The fourth-order valence-electron chi connectivity index (χ4n) is 0.902. The summed E-state index contributed by atoms with van der Waals surface area (Å²) in [6, 6.07) is 1.37. The Balaban J connectivity index is 2.39. The highest BCUT2D eigenvalue weighted by atomic mass is 32.2. The van der Waals surface area contributed by atoms with Crippen LogP contribution in [0.2, 0.25) is 0 Å². The fraction of sp³-hybridized carbons (Fsp3) is 0.500. The number of nitrogens with one attached hydrogen (secondary N) is 2. The van der Waals surface area contributed by atoms with Crippen LogP contribution in [0.4, 0.5) is 5.82 Å². The van der Waals surface area contributed by atoms with Crippen LogP contribution in [0.5, 0.6) is 0 Å². The third-order valence-electron chi connectivity index (χ3n) is 1.64. The van der Waals surface area contributed by atoms with Gasteiger partial charge in [-0.15, -0.1) is 0 Å². The van der Waals surface area contributed by atoms with Crippen molar-refractivity contribution < 1.29 is 4.21 Å². The normalized spacial score (nSPS) is 12.4. The van der Waals surface area contributed by atoms with E-state index in [2.05, 4.69) is 15.3 Å². The molecule has 0 aromatic carbocycles. The average molecular weight is 215 g/mol. The van der Waals surface area contributed by atoms with E-state index in [1.165, 1.54) is 12.4 Å². The zero-order chi connectivity index (χ0) is 10.4. The Bertz CT molecular complexity index is 364. The van der Waals surface area contributed by atoms with Crippen molar-refractivity contribution in [1.29, 1.82) is 0 Å². The van der Waals surface area contributed by atoms with Gasteiger partial charge in [0.1, 0.15) is 5.82 Å². The summed E-state index contributed by atoms with van der Waals surface area (Å²) in [5.41, 5.74) is -0.195. The molecule has 0 saturated heterocycles. The van der Waals surface area contributed by atoms with Crippen molar-refractivity contribution in [3.05, 3.63) is 22.7 Å². The molecule has 0 aliphatic heterocycles. The molecule has 0 aliphatic carbocycles. The number of hydrogen-bond acceptors (Lipinski definition) is 4. The molecule has 1 aromatic heterocycles. The van der Waals surface area contributed by atoms with Crippen LogP contribution in [0, 0.1) is 0 Å². The number of rotatable bonds is 5. The van der Waals surface area contributed by atoms with Crippen molar-refractivity contribution in [3.63, 3.8) is 0 Å². The monoisotopic (exact) mass is 215 g/mol. The first-order valence-corrected chi connectivity index (χ1v) is 5.84. The topological polar surface area (TPSA) is 74.8 Å². The highest BCUT2D eigenvalue weighted by Gasteiger charge is 1.97. The summed E-state index contributed by atoms with van der Waals surface area (Å²) in [7, 11) is -0.782. The van der Waals surface area contributed by atoms with Gasteiger partial charge in [0.25, 0.3) is 5.56 Å². The summed E-state index contributed by atoms with van der Waals surface area (Å²) in [5.74, 6) is 1.75. The van der Waals surface area contributed by atoms with Crippen molar-refractivity contribution in [2.24, 2.45) is 0 Å². The number of nitrogens with zero attached hydrogens (tertiary/aromatic N) is 1. The Labute approximate surface area is 84.4 Å². The van der Waals surface area contributed by atoms with Gasteiger partial charge in [-0.25, -0.2) is 4.98 Å². The van der Waals surface area contributed by atoms with E-state index < -0.39 is 10.8 Å². The maximum atomic E-state index is 11.1. The second kappa shape index (κ2) is 5.54. The van der Waals surface area contributed by atoms with E-state index >= 15 is 0 Å². The minimum absolute atomic E-state index is 0.195. The SMILES string of the molecule is CCS(=O)CCNc1cc(=O)[nH]cn1. The van der Waals surface area contributed by atoms with Gasteiger partial charge in [0.15, 0.2) is 0 Å². The van der Waals surface area contributed by atoms with Crippen LogP contribution in [0.1, 0.15) is 6.92 Å². The minimum atomic E-state index is -0.782. The summed E-state index contributed by atoms with van der Waals surface area (Å²) in [6.45, 7) is 2.44. The predicted octanol–water partition coefficient (Wildman–Crippen LogP) is -0.0496. The van der Waals surface area contributed by atoms with Crippen molar-refractivity contribution in [2.75, 3.05) is 23.4 Å². The van der Waals surface area contributed by atoms with Gasteiger partial charge >= 0.3 is 0 Å². The molecule has 0 bridgehead atoms. The first-order chi connectivity index (χ1) is 6.72. The van der Waals surface area contributed by atoms with Crippen LogP contribution in [0.25, 0.3) is 0 Å². The van der Waals surface area contributed by atoms with Gasteiger partial charge in [0, 0.05) is 34.9 Å². The molecule has 0 saturated carbocycles. The number of anilines is 1. The van der Waals surface area contributed by atoms with Gasteiger partial charge in [0.2, 0.25) is 0 Å². The maximum absolute atomic E-state index is 11.1. The summed E-state index contributed by atoms with van der Waals surface area (Å²) in [4.78, 5) is 17.2. The molecule has 2 N–H and O–H groups in total. The van der Waals surface area contributed by atoms with Gasteiger partial charge in [-0.1, -0.05) is 6.92 Å². The Kier molecular flexibility index (Phi) is 4.31. The number of aromatic amines is 1. The molecule has 14 heavy (non-hydrogen) atoms. The molecule has 1 rings (SSSR count). The Morgan fingerprint density at radius 1 is 1.64 bits per heavy atom. The molecule has 5 nitrogen and oxygen atoms in total. The largest absolute Gasteiger partial charge is 0.369 e. The molecular formula is C8H13N3O2S. The lowest BCUT2D eigenvalue weighted by atomic mass is 10.5. The Morgan fingerprint density at radius 2 is 2.43 bits per heavy atom. The highest BCUT2D eigenvalue weighted by molar-refractivity contribution is 7.84. The lowest BCUT2D eigenvalue weighted by molar-refractivity contribution is 0.684. The quantitative estimate of drug-likeness (QED) is 0.722. The van der Waals surface area contributed by atoms with E-state index in [9.17, 15) is 9.00 Å². The smallest absolute Gasteiger partial charge is 0.252 e. The molecule has 1 atom stereocenters. The molecule has 0 spiro atoms. The molecule has 6 heteroatoms. The van der Waals surface area contributed by atoms with Crippen LogP contribution in [-0.2, 0) is 10.8 Å². The van der Waals surface area contributed by atoms with Crippen LogP contribution >= 0.6 is 0 Å². The Hall–Kier alpha value is -1.17. The van der Waals surface area contributed by atoms with Gasteiger partial charge < -0.3 is 10.3 Å². The van der Waals surface area contributed by atoms with E-state index in [4.69, 9.17) is 0 Å². The van der Waals surface area contributed by atoms with E-state index in [0.717, 1.165) is 0 Å². The minimum Gasteiger partial charge on any atom is -0.369 e. The zero-order valence-corrected chi connectivity index (χ0v) is 8.76. The third kappa shape index (κ3) is 3.69. The van der Waals surface area contributed by atoms with E-state index in [-0.39, 0.29) is 5.56 Å². The summed E-state index contributed by atoms with van der Waals surface area (Å²) < 4.78 is 11.1. The lowest BCUT2D eigenvalue weighted by Crippen LogP contribution is -2.15. The van der Waals surface area contributed by atoms with E-state index in [0.29, 0.717) is 23.9 Å². The van der Waals surface area contributed by atoms with Crippen LogP contribution in [0.3, 0.4) is 0 Å². The zero-order valence-electron chi connectivity index (χ0n) is 7.95. The molecule has 0 fully saturated rings. The first-order valence-electron chi connectivity index (χ1n) is 4.36. The molecule has 0 amide bonds. The Morgan fingerprint density at radius 3 is 3.07 bits per heavy atom. The second-order valence-corrected chi connectivity index (χ2v) is 4.52. The summed E-state index contributed by atoms with van der Waals surface area (Å²) in [6.07, 6.45) is 1.33. The second-order valence-electron chi connectivity index (χ2n) is 2.66. The van der Waals surface area contributed by atoms with Crippen molar-refractivity contribution >= 4 is 16.6 Å². The van der Waals surface area contributed by atoms with E-state index in [1.54, 1.807) is 0 Å². The van der Waals surface area contributed by atoms with Gasteiger partial charge in [-0.3, -0.25) is 9.00 Å². The van der Waals surface area contributed by atoms with E-state index in [1.807, 2.05) is 6.92 Å². The van der Waals surface area contributed by atoms with Crippen molar-refractivity contribution in [3.8, 4) is 0 Å². The molecule has 1 aromatic rings. The standard InChI is InChI=1S/C8H13N3O2S/c1-2-14(13)4-3-9-7-5-8(12)11-6-10-7/h5-6H,2-4H2,1H3,(H2,9,10,11,12). The highest BCUT2D eigenvalue weighted by Crippen LogP contribution is 1.93. The molecule has 0 radical (unpaired) electrons. The maximum Gasteiger partial charge on any atom is 0.252 e. The fourth-order valence-corrected chi connectivity index (χ4v) is 1.52. The summed E-state index contributed by atoms with van der Waals surface area (Å²) in [5, 5.41) is 2.93.